The second kappa shape index (κ2) is 14.2. The average molecular weight is 534 g/mol. The fourth-order valence-corrected chi connectivity index (χ4v) is 3.77. The van der Waals surface area contributed by atoms with Gasteiger partial charge in [-0.2, -0.15) is 0 Å². The van der Waals surface area contributed by atoms with Crippen molar-refractivity contribution in [1.82, 2.24) is 5.32 Å². The Hall–Kier alpha value is -4.83. The van der Waals surface area contributed by atoms with Gasteiger partial charge in [-0.1, -0.05) is 42.5 Å². The monoisotopic (exact) mass is 533 g/mol. The molecule has 3 rings (SSSR count). The van der Waals surface area contributed by atoms with Crippen LogP contribution in [0, 0.1) is 0 Å². The van der Waals surface area contributed by atoms with Crippen LogP contribution in [0.4, 0.5) is 16.2 Å². The molecule has 0 aliphatic rings. The van der Waals surface area contributed by atoms with Gasteiger partial charge in [0.05, 0.1) is 24.6 Å². The van der Waals surface area contributed by atoms with Crippen molar-refractivity contribution in [1.29, 1.82) is 0 Å². The Bertz CT molecular complexity index is 1310. The number of phenolic OH excluding ortho intramolecular Hbond substituents is 1. The van der Waals surface area contributed by atoms with Gasteiger partial charge in [0.2, 0.25) is 5.91 Å². The second-order valence-electron chi connectivity index (χ2n) is 8.41. The van der Waals surface area contributed by atoms with Gasteiger partial charge in [-0.05, 0) is 60.9 Å². The summed E-state index contributed by atoms with van der Waals surface area (Å²) in [6.07, 6.45) is 1.09. The zero-order valence-electron chi connectivity index (χ0n) is 21.6. The summed E-state index contributed by atoms with van der Waals surface area (Å²) in [4.78, 5) is 37.4. The number of para-hydroxylation sites is 2. The van der Waals surface area contributed by atoms with Crippen LogP contribution in [0.25, 0.3) is 0 Å². The van der Waals surface area contributed by atoms with Gasteiger partial charge in [0.25, 0.3) is 5.91 Å². The number of anilines is 2. The molecule has 0 aliphatic heterocycles. The molecular weight excluding hydrogens is 502 g/mol. The molecule has 0 saturated carbocycles. The predicted molar refractivity (Wildman–Crippen MR) is 146 cm³/mol. The average Bonchev–Trinajstić information content (AvgIpc) is 2.94. The standard InChI is InChI=1S/C29H31N3O7/c1-37-24-17-16-20(18-23(24)33)27(39-29(36)32-28(35)19-10-4-3-5-11-19)25(38-2)14-8-9-15-26(34)31-22-13-7-6-12-21(22)30/h3-7,9-13,15-18,25,27,33H,8,14,30H2,1-2H3,(H,31,34)(H,32,35,36)/b15-9+/t25-,27-/m0/s1. The summed E-state index contributed by atoms with van der Waals surface area (Å²) >= 11 is 0. The van der Waals surface area contributed by atoms with Crippen molar-refractivity contribution >= 4 is 29.3 Å². The number of methoxy groups -OCH3 is 2. The van der Waals surface area contributed by atoms with E-state index in [1.165, 1.54) is 32.4 Å². The molecule has 0 heterocycles. The third-order valence-corrected chi connectivity index (χ3v) is 5.76. The van der Waals surface area contributed by atoms with E-state index in [2.05, 4.69) is 10.6 Å². The summed E-state index contributed by atoms with van der Waals surface area (Å²) in [6, 6.07) is 19.7. The van der Waals surface area contributed by atoms with E-state index >= 15 is 0 Å². The lowest BCUT2D eigenvalue weighted by Gasteiger charge is -2.26. The number of rotatable bonds is 11. The van der Waals surface area contributed by atoms with Crippen molar-refractivity contribution in [2.75, 3.05) is 25.3 Å². The molecule has 0 unspecified atom stereocenters. The lowest BCUT2D eigenvalue weighted by atomic mass is 9.99. The molecule has 204 valence electrons. The number of nitrogen functional groups attached to an aromatic ring is 1. The predicted octanol–water partition coefficient (Wildman–Crippen LogP) is 4.58. The van der Waals surface area contributed by atoms with Crippen LogP contribution in [0.15, 0.2) is 84.9 Å². The fourth-order valence-electron chi connectivity index (χ4n) is 3.77. The van der Waals surface area contributed by atoms with Crippen LogP contribution >= 0.6 is 0 Å². The summed E-state index contributed by atoms with van der Waals surface area (Å²) in [5, 5.41) is 15.2. The number of aromatic hydroxyl groups is 1. The van der Waals surface area contributed by atoms with Crippen LogP contribution in [0.3, 0.4) is 0 Å². The number of nitrogens with one attached hydrogen (secondary N) is 2. The molecule has 0 aromatic heterocycles. The number of imide groups is 1. The van der Waals surface area contributed by atoms with Gasteiger partial charge in [0, 0.05) is 12.7 Å². The highest BCUT2D eigenvalue weighted by molar-refractivity contribution is 6.03. The zero-order valence-corrected chi connectivity index (χ0v) is 21.6. The fraction of sp³-hybridized carbons (Fsp3) is 0.207. The van der Waals surface area contributed by atoms with Crippen molar-refractivity contribution in [3.8, 4) is 11.5 Å². The number of carbonyl (C=O) groups excluding carboxylic acids is 3. The highest BCUT2D eigenvalue weighted by Gasteiger charge is 2.28. The zero-order chi connectivity index (χ0) is 28.2. The van der Waals surface area contributed by atoms with Crippen LogP contribution in [0.2, 0.25) is 0 Å². The van der Waals surface area contributed by atoms with Crippen molar-refractivity contribution < 1.29 is 33.7 Å². The second-order valence-corrected chi connectivity index (χ2v) is 8.41. The number of hydrogen-bond donors (Lipinski definition) is 4. The van der Waals surface area contributed by atoms with Crippen LogP contribution in [0.1, 0.15) is 34.9 Å². The molecule has 0 bridgehead atoms. The molecule has 0 saturated heterocycles. The van der Waals surface area contributed by atoms with Crippen LogP contribution < -0.4 is 21.1 Å². The Morgan fingerprint density at radius 2 is 1.72 bits per heavy atom. The molecule has 10 nitrogen and oxygen atoms in total. The van der Waals surface area contributed by atoms with E-state index in [1.54, 1.807) is 66.7 Å². The largest absolute Gasteiger partial charge is 0.504 e. The van der Waals surface area contributed by atoms with Gasteiger partial charge in [-0.15, -0.1) is 0 Å². The molecular formula is C29H31N3O7. The van der Waals surface area contributed by atoms with E-state index in [-0.39, 0.29) is 23.0 Å². The van der Waals surface area contributed by atoms with Gasteiger partial charge in [0.1, 0.15) is 0 Å². The highest BCUT2D eigenvalue weighted by Crippen LogP contribution is 2.33. The van der Waals surface area contributed by atoms with Crippen molar-refractivity contribution in [2.45, 2.75) is 25.0 Å². The van der Waals surface area contributed by atoms with E-state index in [9.17, 15) is 19.5 Å². The highest BCUT2D eigenvalue weighted by atomic mass is 16.6. The summed E-state index contributed by atoms with van der Waals surface area (Å²) in [6.45, 7) is 0. The minimum absolute atomic E-state index is 0.157. The van der Waals surface area contributed by atoms with Crippen LogP contribution in [0.5, 0.6) is 11.5 Å². The van der Waals surface area contributed by atoms with Gasteiger partial charge in [0.15, 0.2) is 17.6 Å². The van der Waals surface area contributed by atoms with E-state index in [0.29, 0.717) is 29.8 Å². The number of amides is 3. The molecule has 3 amide bonds. The number of phenols is 1. The van der Waals surface area contributed by atoms with E-state index < -0.39 is 24.2 Å². The number of benzene rings is 3. The topological polar surface area (TPSA) is 149 Å². The number of alkyl carbamates (subject to hydrolysis) is 1. The molecule has 0 fully saturated rings. The summed E-state index contributed by atoms with van der Waals surface area (Å²) < 4.78 is 16.3. The van der Waals surface area contributed by atoms with Gasteiger partial charge < -0.3 is 30.4 Å². The summed E-state index contributed by atoms with van der Waals surface area (Å²) in [5.41, 5.74) is 7.52. The molecule has 3 aromatic carbocycles. The Morgan fingerprint density at radius 3 is 2.38 bits per heavy atom. The Balaban J connectivity index is 1.70. The molecule has 39 heavy (non-hydrogen) atoms. The Morgan fingerprint density at radius 1 is 1.00 bits per heavy atom. The van der Waals surface area contributed by atoms with Gasteiger partial charge >= 0.3 is 6.09 Å². The normalized spacial score (nSPS) is 12.4. The first-order valence-corrected chi connectivity index (χ1v) is 12.1. The number of hydrogen-bond acceptors (Lipinski definition) is 8. The van der Waals surface area contributed by atoms with Crippen molar-refractivity contribution in [2.24, 2.45) is 0 Å². The smallest absolute Gasteiger partial charge is 0.414 e. The molecule has 2 atom stereocenters. The maximum Gasteiger partial charge on any atom is 0.414 e. The molecule has 10 heteroatoms. The molecule has 3 aromatic rings. The first-order chi connectivity index (χ1) is 18.8. The third-order valence-electron chi connectivity index (χ3n) is 5.76. The number of carbonyl (C=O) groups is 3. The maximum atomic E-state index is 12.7. The minimum atomic E-state index is -0.998. The third kappa shape index (κ3) is 8.34. The van der Waals surface area contributed by atoms with Gasteiger partial charge in [-0.25, -0.2) is 4.79 Å². The van der Waals surface area contributed by atoms with E-state index in [0.717, 1.165) is 0 Å². The van der Waals surface area contributed by atoms with Crippen molar-refractivity contribution in [3.05, 3.63) is 96.1 Å². The van der Waals surface area contributed by atoms with E-state index in [4.69, 9.17) is 19.9 Å². The van der Waals surface area contributed by atoms with E-state index in [1.807, 2.05) is 0 Å². The molecule has 0 spiro atoms. The van der Waals surface area contributed by atoms with Gasteiger partial charge in [-0.3, -0.25) is 14.9 Å². The number of allylic oxidation sites excluding steroid dienone is 1. The molecule has 5 N–H and O–H groups in total. The summed E-state index contributed by atoms with van der Waals surface area (Å²) in [7, 11) is 2.87. The van der Waals surface area contributed by atoms with Crippen LogP contribution in [-0.4, -0.2) is 43.3 Å². The van der Waals surface area contributed by atoms with Crippen LogP contribution in [-0.2, 0) is 14.3 Å². The number of nitrogens with two attached hydrogens (primary N) is 1. The first-order valence-electron chi connectivity index (χ1n) is 12.1. The van der Waals surface area contributed by atoms with Crippen molar-refractivity contribution in [3.63, 3.8) is 0 Å². The first kappa shape index (κ1) is 28.7. The molecule has 0 aliphatic carbocycles. The Kier molecular flexibility index (Phi) is 10.5. The lowest BCUT2D eigenvalue weighted by Crippen LogP contribution is -2.35. The minimum Gasteiger partial charge on any atom is -0.504 e. The molecule has 0 radical (unpaired) electrons. The summed E-state index contributed by atoms with van der Waals surface area (Å²) in [5.74, 6) is -0.897. The Labute approximate surface area is 226 Å². The maximum absolute atomic E-state index is 12.7. The SMILES string of the molecule is COc1ccc([C@H](OC(=O)NC(=O)c2ccccc2)[C@H](CC/C=C/C(=O)Nc2ccccc2N)OC)cc1O. The quantitative estimate of drug-likeness (QED) is 0.207. The number of ether oxygens (including phenoxy) is 3. The lowest BCUT2D eigenvalue weighted by molar-refractivity contribution is -0.111.